The lowest BCUT2D eigenvalue weighted by atomic mass is 10.1. The predicted octanol–water partition coefficient (Wildman–Crippen LogP) is 2.03. The number of rotatable bonds is 9. The number of carbonyl (C=O) groups excluding carboxylic acids is 3. The van der Waals surface area contributed by atoms with Crippen LogP contribution in [0.1, 0.15) is 21.5 Å². The first-order valence-electron chi connectivity index (χ1n) is 10.3. The van der Waals surface area contributed by atoms with Gasteiger partial charge in [-0.05, 0) is 30.2 Å². The molecule has 0 unspecified atom stereocenters. The van der Waals surface area contributed by atoms with Gasteiger partial charge in [0.1, 0.15) is 17.9 Å². The van der Waals surface area contributed by atoms with Crippen molar-refractivity contribution in [2.45, 2.75) is 13.5 Å². The van der Waals surface area contributed by atoms with Crippen molar-refractivity contribution in [3.63, 3.8) is 0 Å². The Bertz CT molecular complexity index is 1080. The first-order chi connectivity index (χ1) is 15.9. The summed E-state index contributed by atoms with van der Waals surface area (Å²) in [5.41, 5.74) is 2.20. The first-order valence-corrected chi connectivity index (χ1v) is 10.3. The van der Waals surface area contributed by atoms with E-state index in [1.165, 1.54) is 19.1 Å². The number of methoxy groups -OCH3 is 2. The van der Waals surface area contributed by atoms with Gasteiger partial charge in [0.15, 0.2) is 5.75 Å². The Balaban J connectivity index is 2.04. The Morgan fingerprint density at radius 3 is 2.42 bits per heavy atom. The molecule has 33 heavy (non-hydrogen) atoms. The van der Waals surface area contributed by atoms with Crippen LogP contribution in [0, 0.1) is 6.92 Å². The number of hydrogen-bond acceptors (Lipinski definition) is 8. The number of ether oxygens (including phenoxy) is 3. The Morgan fingerprint density at radius 1 is 1.09 bits per heavy atom. The molecule has 2 N–H and O–H groups in total. The number of aliphatic hydroxyl groups excluding tert-OH is 1. The van der Waals surface area contributed by atoms with Crippen LogP contribution in [0.2, 0.25) is 0 Å². The standard InChI is InChI=1S/C24H26N2O7/c1-15-11-17(23(29)31-2)21(33-14-16-7-5-4-6-8-16)19(12-15)25-20-18(24(30)32-3)13-26(9-10-27)22(20)28/h4-8,11-12,25,27H,9-10,13-14H2,1-3H3. The molecular formula is C24H26N2O7. The molecule has 0 aliphatic carbocycles. The third-order valence-corrected chi connectivity index (χ3v) is 5.08. The number of amides is 1. The van der Waals surface area contributed by atoms with Crippen molar-refractivity contribution < 1.29 is 33.7 Å². The third-order valence-electron chi connectivity index (χ3n) is 5.08. The van der Waals surface area contributed by atoms with Gasteiger partial charge in [-0.3, -0.25) is 4.79 Å². The highest BCUT2D eigenvalue weighted by molar-refractivity contribution is 6.09. The third kappa shape index (κ3) is 5.32. The summed E-state index contributed by atoms with van der Waals surface area (Å²) in [6, 6.07) is 12.7. The Hall–Kier alpha value is -3.85. The Labute approximate surface area is 191 Å². The van der Waals surface area contributed by atoms with E-state index in [4.69, 9.17) is 14.2 Å². The van der Waals surface area contributed by atoms with Crippen LogP contribution in [0.15, 0.2) is 53.7 Å². The van der Waals surface area contributed by atoms with E-state index in [0.29, 0.717) is 11.3 Å². The van der Waals surface area contributed by atoms with Crippen molar-refractivity contribution in [2.24, 2.45) is 0 Å². The van der Waals surface area contributed by atoms with Gasteiger partial charge in [0.2, 0.25) is 0 Å². The zero-order valence-corrected chi connectivity index (χ0v) is 18.7. The van der Waals surface area contributed by atoms with E-state index in [1.807, 2.05) is 30.3 Å². The number of aliphatic hydroxyl groups is 1. The topological polar surface area (TPSA) is 114 Å². The molecule has 9 nitrogen and oxygen atoms in total. The molecule has 1 aliphatic heterocycles. The predicted molar refractivity (Wildman–Crippen MR) is 120 cm³/mol. The second-order valence-corrected chi connectivity index (χ2v) is 7.38. The maximum absolute atomic E-state index is 12.9. The number of β-amino-alcohol motifs (C(OH)–C–C–N with tert-alkyl or cyclic N) is 1. The lowest BCUT2D eigenvalue weighted by Crippen LogP contribution is -2.31. The van der Waals surface area contributed by atoms with Crippen molar-refractivity contribution in [3.8, 4) is 5.75 Å². The minimum Gasteiger partial charge on any atom is -0.486 e. The summed E-state index contributed by atoms with van der Waals surface area (Å²) in [4.78, 5) is 39.1. The van der Waals surface area contributed by atoms with E-state index < -0.39 is 17.8 Å². The molecule has 0 atom stereocenters. The molecule has 1 amide bonds. The number of aryl methyl sites for hydroxylation is 1. The molecule has 0 fully saturated rings. The largest absolute Gasteiger partial charge is 0.486 e. The monoisotopic (exact) mass is 454 g/mol. The van der Waals surface area contributed by atoms with Gasteiger partial charge in [-0.1, -0.05) is 30.3 Å². The van der Waals surface area contributed by atoms with Crippen molar-refractivity contribution in [2.75, 3.05) is 39.2 Å². The molecule has 3 rings (SSSR count). The lowest BCUT2D eigenvalue weighted by Gasteiger charge is -2.19. The van der Waals surface area contributed by atoms with Crippen LogP contribution in [0.4, 0.5) is 5.69 Å². The van der Waals surface area contributed by atoms with E-state index in [-0.39, 0.29) is 48.9 Å². The minimum absolute atomic E-state index is 0.00118. The maximum atomic E-state index is 12.9. The normalized spacial score (nSPS) is 13.2. The molecule has 0 saturated carbocycles. The van der Waals surface area contributed by atoms with Gasteiger partial charge in [0.25, 0.3) is 5.91 Å². The van der Waals surface area contributed by atoms with E-state index in [1.54, 1.807) is 19.1 Å². The van der Waals surface area contributed by atoms with Crippen LogP contribution in [0.25, 0.3) is 0 Å². The molecule has 1 aliphatic rings. The summed E-state index contributed by atoms with van der Waals surface area (Å²) in [6.07, 6.45) is 0. The number of esters is 2. The Kier molecular flexibility index (Phi) is 7.68. The average molecular weight is 454 g/mol. The van der Waals surface area contributed by atoms with Crippen molar-refractivity contribution in [3.05, 3.63) is 70.4 Å². The van der Waals surface area contributed by atoms with E-state index in [0.717, 1.165) is 5.56 Å². The smallest absolute Gasteiger partial charge is 0.341 e. The zero-order valence-electron chi connectivity index (χ0n) is 18.7. The summed E-state index contributed by atoms with van der Waals surface area (Å²) < 4.78 is 15.8. The van der Waals surface area contributed by atoms with Crippen LogP contribution in [0.3, 0.4) is 0 Å². The van der Waals surface area contributed by atoms with Gasteiger partial charge in [-0.2, -0.15) is 0 Å². The molecule has 0 bridgehead atoms. The van der Waals surface area contributed by atoms with Crippen molar-refractivity contribution >= 4 is 23.5 Å². The lowest BCUT2D eigenvalue weighted by molar-refractivity contribution is -0.136. The van der Waals surface area contributed by atoms with Crippen LogP contribution in [0.5, 0.6) is 5.75 Å². The highest BCUT2D eigenvalue weighted by Gasteiger charge is 2.35. The van der Waals surface area contributed by atoms with Gasteiger partial charge < -0.3 is 29.5 Å². The fourth-order valence-electron chi connectivity index (χ4n) is 3.50. The molecule has 9 heteroatoms. The fraction of sp³-hybridized carbons (Fsp3) is 0.292. The summed E-state index contributed by atoms with van der Waals surface area (Å²) in [5, 5.41) is 12.2. The number of nitrogens with one attached hydrogen (secondary N) is 1. The van der Waals surface area contributed by atoms with Crippen molar-refractivity contribution in [1.82, 2.24) is 4.90 Å². The van der Waals surface area contributed by atoms with Gasteiger partial charge in [-0.15, -0.1) is 0 Å². The number of nitrogens with zero attached hydrogens (tertiary/aromatic N) is 1. The number of benzene rings is 2. The molecule has 2 aromatic rings. The van der Waals surface area contributed by atoms with Gasteiger partial charge in [-0.25, -0.2) is 9.59 Å². The highest BCUT2D eigenvalue weighted by Crippen LogP contribution is 2.35. The van der Waals surface area contributed by atoms with Crippen LogP contribution >= 0.6 is 0 Å². The number of carbonyl (C=O) groups is 3. The molecule has 0 aromatic heterocycles. The highest BCUT2D eigenvalue weighted by atomic mass is 16.5. The second-order valence-electron chi connectivity index (χ2n) is 7.38. The van der Waals surface area contributed by atoms with Crippen LogP contribution in [-0.2, 0) is 25.7 Å². The van der Waals surface area contributed by atoms with Crippen LogP contribution in [-0.4, -0.2) is 61.8 Å². The van der Waals surface area contributed by atoms with E-state index in [9.17, 15) is 19.5 Å². The quantitative estimate of drug-likeness (QED) is 0.554. The van der Waals surface area contributed by atoms with Gasteiger partial charge >= 0.3 is 11.9 Å². The molecule has 174 valence electrons. The summed E-state index contributed by atoms with van der Waals surface area (Å²) in [7, 11) is 2.49. The van der Waals surface area contributed by atoms with E-state index >= 15 is 0 Å². The van der Waals surface area contributed by atoms with Crippen molar-refractivity contribution in [1.29, 1.82) is 0 Å². The Morgan fingerprint density at radius 2 is 1.79 bits per heavy atom. The maximum Gasteiger partial charge on any atom is 0.341 e. The van der Waals surface area contributed by atoms with Gasteiger partial charge in [0.05, 0.1) is 38.6 Å². The second kappa shape index (κ2) is 10.6. The average Bonchev–Trinajstić information content (AvgIpc) is 3.13. The first kappa shape index (κ1) is 23.8. The summed E-state index contributed by atoms with van der Waals surface area (Å²) in [5.74, 6) is -1.56. The fourth-order valence-corrected chi connectivity index (χ4v) is 3.50. The van der Waals surface area contributed by atoms with E-state index in [2.05, 4.69) is 5.32 Å². The van der Waals surface area contributed by atoms with Crippen LogP contribution < -0.4 is 10.1 Å². The summed E-state index contributed by atoms with van der Waals surface area (Å²) >= 11 is 0. The number of hydrogen-bond donors (Lipinski definition) is 2. The minimum atomic E-state index is -0.668. The SMILES string of the molecule is COC(=O)C1=C(Nc2cc(C)cc(C(=O)OC)c2OCc2ccccc2)C(=O)N(CCO)C1. The molecule has 2 aromatic carbocycles. The molecule has 0 spiro atoms. The zero-order chi connectivity index (χ0) is 24.0. The summed E-state index contributed by atoms with van der Waals surface area (Å²) in [6.45, 7) is 1.74. The van der Waals surface area contributed by atoms with Gasteiger partial charge in [0, 0.05) is 6.54 Å². The molecule has 0 radical (unpaired) electrons. The number of anilines is 1. The molecular weight excluding hydrogens is 428 g/mol. The molecule has 1 heterocycles. The molecule has 0 saturated heterocycles.